The summed E-state index contributed by atoms with van der Waals surface area (Å²) in [4.78, 5) is 28.8. The Labute approximate surface area is 200 Å². The molecule has 2 aromatic heterocycles. The van der Waals surface area contributed by atoms with Gasteiger partial charge < -0.3 is 9.88 Å². The SMILES string of the molecule is Cc1c(C(=O)NC(c2ccccc2)c2nc3ccccc3n2C)nnn1-c1cccc([N+](=O)[O-])c1. The Morgan fingerprint density at radius 3 is 2.51 bits per heavy atom. The van der Waals surface area contributed by atoms with E-state index in [2.05, 4.69) is 15.6 Å². The molecule has 5 rings (SSSR count). The first-order valence-corrected chi connectivity index (χ1v) is 10.9. The summed E-state index contributed by atoms with van der Waals surface area (Å²) in [6.07, 6.45) is 0. The normalized spacial score (nSPS) is 11.9. The predicted octanol–water partition coefficient (Wildman–Crippen LogP) is 3.89. The van der Waals surface area contributed by atoms with Crippen LogP contribution in [0, 0.1) is 17.0 Å². The third kappa shape index (κ3) is 4.01. The van der Waals surface area contributed by atoms with Crippen molar-refractivity contribution in [3.63, 3.8) is 0 Å². The molecule has 5 aromatic rings. The van der Waals surface area contributed by atoms with Gasteiger partial charge in [-0.25, -0.2) is 9.67 Å². The van der Waals surface area contributed by atoms with E-state index in [4.69, 9.17) is 4.98 Å². The van der Waals surface area contributed by atoms with Crippen molar-refractivity contribution in [2.24, 2.45) is 7.05 Å². The molecular formula is C25H21N7O3. The van der Waals surface area contributed by atoms with Crippen LogP contribution < -0.4 is 5.32 Å². The molecule has 1 atom stereocenters. The molecule has 0 spiro atoms. The van der Waals surface area contributed by atoms with Crippen LogP contribution in [0.5, 0.6) is 0 Å². The monoisotopic (exact) mass is 467 g/mol. The molecule has 0 saturated carbocycles. The van der Waals surface area contributed by atoms with E-state index in [1.54, 1.807) is 19.1 Å². The smallest absolute Gasteiger partial charge is 0.274 e. The fourth-order valence-electron chi connectivity index (χ4n) is 4.09. The molecule has 35 heavy (non-hydrogen) atoms. The van der Waals surface area contributed by atoms with Gasteiger partial charge in [0, 0.05) is 19.2 Å². The average molecular weight is 467 g/mol. The fraction of sp³-hybridized carbons (Fsp3) is 0.120. The second-order valence-corrected chi connectivity index (χ2v) is 8.05. The number of benzene rings is 3. The van der Waals surface area contributed by atoms with Crippen LogP contribution in [0.15, 0.2) is 78.9 Å². The zero-order valence-electron chi connectivity index (χ0n) is 19.0. The van der Waals surface area contributed by atoms with Gasteiger partial charge in [-0.15, -0.1) is 5.10 Å². The standard InChI is InChI=1S/C25H21N7O3/c1-16-22(28-29-31(16)18-11-8-12-19(15-18)32(34)35)25(33)27-23(17-9-4-3-5-10-17)24-26-20-13-6-7-14-21(20)30(24)2/h3-15,23H,1-2H3,(H,27,33). The van der Waals surface area contributed by atoms with Crippen molar-refractivity contribution in [3.8, 4) is 5.69 Å². The number of carbonyl (C=O) groups excluding carboxylic acids is 1. The number of non-ortho nitro benzene ring substituents is 1. The summed E-state index contributed by atoms with van der Waals surface area (Å²) in [5.41, 5.74) is 3.59. The topological polar surface area (TPSA) is 121 Å². The quantitative estimate of drug-likeness (QED) is 0.299. The number of hydrogen-bond acceptors (Lipinski definition) is 6. The van der Waals surface area contributed by atoms with Crippen molar-refractivity contribution < 1.29 is 9.72 Å². The van der Waals surface area contributed by atoms with Gasteiger partial charge in [0.25, 0.3) is 11.6 Å². The van der Waals surface area contributed by atoms with Crippen LogP contribution in [0.25, 0.3) is 16.7 Å². The number of carbonyl (C=O) groups is 1. The Balaban J connectivity index is 1.52. The second kappa shape index (κ2) is 8.82. The highest BCUT2D eigenvalue weighted by molar-refractivity contribution is 5.94. The van der Waals surface area contributed by atoms with Gasteiger partial charge in [0.05, 0.1) is 27.3 Å². The zero-order chi connectivity index (χ0) is 24.5. The summed E-state index contributed by atoms with van der Waals surface area (Å²) in [5, 5.41) is 22.4. The molecule has 3 aromatic carbocycles. The number of hydrogen-bond donors (Lipinski definition) is 1. The number of nitrogens with zero attached hydrogens (tertiary/aromatic N) is 6. The number of aromatic nitrogens is 5. The number of rotatable bonds is 6. The number of nitro groups is 1. The van der Waals surface area contributed by atoms with Gasteiger partial charge in [0.1, 0.15) is 11.9 Å². The third-order valence-electron chi connectivity index (χ3n) is 5.88. The summed E-state index contributed by atoms with van der Waals surface area (Å²) in [6, 6.07) is 22.8. The lowest BCUT2D eigenvalue weighted by atomic mass is 10.1. The molecule has 0 saturated heterocycles. The maximum Gasteiger partial charge on any atom is 0.274 e. The maximum absolute atomic E-state index is 13.4. The van der Waals surface area contributed by atoms with Crippen LogP contribution in [-0.2, 0) is 7.05 Å². The van der Waals surface area contributed by atoms with E-state index in [1.165, 1.54) is 16.8 Å². The van der Waals surface area contributed by atoms with Gasteiger partial charge in [0.2, 0.25) is 0 Å². The highest BCUT2D eigenvalue weighted by atomic mass is 16.6. The van der Waals surface area contributed by atoms with Crippen LogP contribution in [0.2, 0.25) is 0 Å². The number of para-hydroxylation sites is 2. The molecule has 2 heterocycles. The minimum atomic E-state index is -0.538. The van der Waals surface area contributed by atoms with E-state index < -0.39 is 16.9 Å². The highest BCUT2D eigenvalue weighted by Crippen LogP contribution is 2.26. The van der Waals surface area contributed by atoms with Crippen LogP contribution in [0.4, 0.5) is 5.69 Å². The summed E-state index contributed by atoms with van der Waals surface area (Å²) in [7, 11) is 1.91. The van der Waals surface area contributed by atoms with Crippen molar-refractivity contribution in [2.45, 2.75) is 13.0 Å². The van der Waals surface area contributed by atoms with Crippen LogP contribution in [-0.4, -0.2) is 35.4 Å². The number of aryl methyl sites for hydroxylation is 1. The molecule has 1 amide bonds. The van der Waals surface area contributed by atoms with Crippen LogP contribution >= 0.6 is 0 Å². The Morgan fingerprint density at radius 2 is 1.77 bits per heavy atom. The molecule has 0 bridgehead atoms. The lowest BCUT2D eigenvalue weighted by molar-refractivity contribution is -0.384. The zero-order valence-corrected chi connectivity index (χ0v) is 19.0. The number of imidazole rings is 1. The van der Waals surface area contributed by atoms with E-state index in [1.807, 2.05) is 66.2 Å². The largest absolute Gasteiger partial charge is 0.337 e. The molecule has 0 aliphatic carbocycles. The molecule has 10 nitrogen and oxygen atoms in total. The van der Waals surface area contributed by atoms with Crippen LogP contribution in [0.3, 0.4) is 0 Å². The maximum atomic E-state index is 13.4. The first-order valence-electron chi connectivity index (χ1n) is 10.9. The Hall–Kier alpha value is -4.86. The highest BCUT2D eigenvalue weighted by Gasteiger charge is 2.26. The van der Waals surface area contributed by atoms with Crippen molar-refractivity contribution in [1.82, 2.24) is 29.9 Å². The molecule has 0 aliphatic rings. The number of fused-ring (bicyclic) bond motifs is 1. The van der Waals surface area contributed by atoms with Gasteiger partial charge in [0.15, 0.2) is 5.69 Å². The molecule has 1 unspecified atom stereocenters. The third-order valence-corrected chi connectivity index (χ3v) is 5.88. The lowest BCUT2D eigenvalue weighted by Gasteiger charge is -2.19. The number of nitrogens with one attached hydrogen (secondary N) is 1. The second-order valence-electron chi connectivity index (χ2n) is 8.05. The van der Waals surface area contributed by atoms with E-state index in [0.717, 1.165) is 16.6 Å². The first kappa shape index (κ1) is 22.0. The Morgan fingerprint density at radius 1 is 1.03 bits per heavy atom. The molecule has 0 fully saturated rings. The number of nitro benzene ring substituents is 1. The minimum absolute atomic E-state index is 0.0746. The van der Waals surface area contributed by atoms with E-state index in [9.17, 15) is 14.9 Å². The van der Waals surface area contributed by atoms with E-state index in [0.29, 0.717) is 17.2 Å². The molecule has 1 N–H and O–H groups in total. The fourth-order valence-corrected chi connectivity index (χ4v) is 4.09. The lowest BCUT2D eigenvalue weighted by Crippen LogP contribution is -2.31. The summed E-state index contributed by atoms with van der Waals surface area (Å²) >= 11 is 0. The predicted molar refractivity (Wildman–Crippen MR) is 129 cm³/mol. The van der Waals surface area contributed by atoms with Gasteiger partial charge >= 0.3 is 0 Å². The van der Waals surface area contributed by atoms with Crippen molar-refractivity contribution >= 4 is 22.6 Å². The first-order chi connectivity index (χ1) is 16.9. The van der Waals surface area contributed by atoms with Crippen molar-refractivity contribution in [1.29, 1.82) is 0 Å². The summed E-state index contributed by atoms with van der Waals surface area (Å²) in [5.74, 6) is 0.245. The number of amides is 1. The summed E-state index contributed by atoms with van der Waals surface area (Å²) < 4.78 is 3.37. The molecule has 10 heteroatoms. The van der Waals surface area contributed by atoms with Crippen molar-refractivity contribution in [3.05, 3.63) is 112 Å². The van der Waals surface area contributed by atoms with Gasteiger partial charge in [-0.05, 0) is 30.7 Å². The molecule has 0 aliphatic heterocycles. The van der Waals surface area contributed by atoms with Crippen LogP contribution in [0.1, 0.15) is 33.6 Å². The molecular weight excluding hydrogens is 446 g/mol. The van der Waals surface area contributed by atoms with E-state index in [-0.39, 0.29) is 11.4 Å². The van der Waals surface area contributed by atoms with Gasteiger partial charge in [-0.2, -0.15) is 0 Å². The molecule has 174 valence electrons. The molecule has 0 radical (unpaired) electrons. The Kier molecular flexibility index (Phi) is 5.54. The van der Waals surface area contributed by atoms with Crippen molar-refractivity contribution in [2.75, 3.05) is 0 Å². The average Bonchev–Trinajstić information content (AvgIpc) is 3.43. The Bertz CT molecular complexity index is 1560. The van der Waals surface area contributed by atoms with Gasteiger partial charge in [-0.1, -0.05) is 53.7 Å². The van der Waals surface area contributed by atoms with E-state index >= 15 is 0 Å². The minimum Gasteiger partial charge on any atom is -0.337 e. The summed E-state index contributed by atoms with van der Waals surface area (Å²) in [6.45, 7) is 1.69. The van der Waals surface area contributed by atoms with Gasteiger partial charge in [-0.3, -0.25) is 14.9 Å².